The van der Waals surface area contributed by atoms with E-state index in [9.17, 15) is 0 Å². The van der Waals surface area contributed by atoms with Gasteiger partial charge in [0.05, 0.1) is 24.7 Å². The molecule has 35 heavy (non-hydrogen) atoms. The smallest absolute Gasteiger partial charge is 0.196 e. The molecule has 1 aromatic rings. The third-order valence-electron chi connectivity index (χ3n) is 7.19. The fourth-order valence-electron chi connectivity index (χ4n) is 4.79. The molecule has 0 radical (unpaired) electrons. The van der Waals surface area contributed by atoms with Gasteiger partial charge in [-0.3, -0.25) is 9.67 Å². The Labute approximate surface area is 216 Å². The monoisotopic (exact) mass is 498 g/mol. The van der Waals surface area contributed by atoms with E-state index in [2.05, 4.69) is 57.2 Å². The number of aliphatic imine (C=N–C) groups is 2. The number of hydrogen-bond acceptors (Lipinski definition) is 4. The predicted molar refractivity (Wildman–Crippen MR) is 147 cm³/mol. The van der Waals surface area contributed by atoms with Crippen LogP contribution in [0.3, 0.4) is 0 Å². The molecule has 1 saturated carbocycles. The Kier molecular flexibility index (Phi) is 9.89. The molecule has 3 fully saturated rings. The fraction of sp³-hybridized carbons (Fsp3) is 0.704. The Morgan fingerprint density at radius 3 is 2.89 bits per heavy atom. The van der Waals surface area contributed by atoms with Crippen molar-refractivity contribution in [3.63, 3.8) is 0 Å². The summed E-state index contributed by atoms with van der Waals surface area (Å²) >= 11 is 5.52. The zero-order chi connectivity index (χ0) is 24.5. The number of likely N-dealkylation sites (tertiary alicyclic amines) is 1. The highest BCUT2D eigenvalue weighted by Gasteiger charge is 2.30. The molecule has 3 heterocycles. The van der Waals surface area contributed by atoms with Crippen LogP contribution in [0, 0.1) is 11.8 Å². The van der Waals surface area contributed by atoms with Crippen molar-refractivity contribution in [2.45, 2.75) is 83.8 Å². The summed E-state index contributed by atoms with van der Waals surface area (Å²) in [5, 5.41) is 8.67. The normalized spacial score (nSPS) is 24.5. The van der Waals surface area contributed by atoms with Crippen molar-refractivity contribution in [3.8, 4) is 0 Å². The average molecular weight is 499 g/mol. The lowest BCUT2D eigenvalue weighted by Crippen LogP contribution is -2.35. The number of nitrogens with one attached hydrogen (secondary N) is 1. The van der Waals surface area contributed by atoms with E-state index < -0.39 is 0 Å². The molecule has 2 saturated heterocycles. The summed E-state index contributed by atoms with van der Waals surface area (Å²) in [6.45, 7) is 8.05. The maximum atomic E-state index is 6.16. The van der Waals surface area contributed by atoms with Crippen molar-refractivity contribution in [1.82, 2.24) is 20.0 Å². The number of hydrogen-bond donors (Lipinski definition) is 1. The second-order valence-corrected chi connectivity index (χ2v) is 10.6. The van der Waals surface area contributed by atoms with Gasteiger partial charge in [0, 0.05) is 43.9 Å². The summed E-state index contributed by atoms with van der Waals surface area (Å²) in [7, 11) is 0. The number of allylic oxidation sites excluding steroid dienone is 2. The molecule has 0 spiro atoms. The Morgan fingerprint density at radius 1 is 1.29 bits per heavy atom. The standard InChI is InChI=1S/C27H42N6OS/c1-3-4-5-8-21(2)11-13-28-26(29-20-30-27(35)32-14-6-7-15-32)22-12-16-34-25(17-22)23-18-31-33(19-23)24-9-10-24/h4-5,18-22,24-25H,3,6-17H2,1-2H3,(H,28,29,30,35)/b5-4-/t21?,22?,25-/m1/s1. The van der Waals surface area contributed by atoms with Crippen LogP contribution in [0.15, 0.2) is 34.5 Å². The average Bonchev–Trinajstić information content (AvgIpc) is 3.34. The summed E-state index contributed by atoms with van der Waals surface area (Å²) in [6, 6.07) is 0.590. The first kappa shape index (κ1) is 26.0. The SMILES string of the molecule is CC/C=C\CC(C)CCN=C(NC=NC(=S)N1CCCC1)C1CCO[C@@H](c2cnn(C3CC3)c2)C1. The van der Waals surface area contributed by atoms with E-state index in [4.69, 9.17) is 21.9 Å². The van der Waals surface area contributed by atoms with Crippen LogP contribution in [-0.4, -0.2) is 58.2 Å². The third-order valence-corrected chi connectivity index (χ3v) is 7.56. The molecule has 2 aliphatic heterocycles. The topological polar surface area (TPSA) is 67.0 Å². The summed E-state index contributed by atoms with van der Waals surface area (Å²) < 4.78 is 8.27. The van der Waals surface area contributed by atoms with Crippen molar-refractivity contribution in [2.75, 3.05) is 26.2 Å². The van der Waals surface area contributed by atoms with E-state index in [1.54, 1.807) is 6.34 Å². The molecule has 7 nitrogen and oxygen atoms in total. The predicted octanol–water partition coefficient (Wildman–Crippen LogP) is 5.47. The van der Waals surface area contributed by atoms with Crippen LogP contribution in [0.1, 0.15) is 89.3 Å². The van der Waals surface area contributed by atoms with E-state index in [1.807, 2.05) is 6.20 Å². The number of nitrogens with zero attached hydrogens (tertiary/aromatic N) is 5. The minimum absolute atomic E-state index is 0.0639. The Balaban J connectivity index is 1.38. The van der Waals surface area contributed by atoms with Crippen LogP contribution in [-0.2, 0) is 4.74 Å². The molecule has 4 rings (SSSR count). The number of aromatic nitrogens is 2. The molecule has 0 bridgehead atoms. The molecular formula is C27H42N6OS. The van der Waals surface area contributed by atoms with E-state index >= 15 is 0 Å². The highest BCUT2D eigenvalue weighted by molar-refractivity contribution is 7.80. The van der Waals surface area contributed by atoms with Crippen LogP contribution < -0.4 is 5.32 Å². The highest BCUT2D eigenvalue weighted by atomic mass is 32.1. The van der Waals surface area contributed by atoms with Gasteiger partial charge < -0.3 is 15.0 Å². The maximum Gasteiger partial charge on any atom is 0.196 e. The first-order valence-electron chi connectivity index (χ1n) is 13.6. The molecule has 1 N–H and O–H groups in total. The molecule has 0 amide bonds. The molecule has 2 unspecified atom stereocenters. The molecule has 3 atom stereocenters. The molecule has 1 aliphatic carbocycles. The van der Waals surface area contributed by atoms with E-state index in [0.717, 1.165) is 64.2 Å². The van der Waals surface area contributed by atoms with E-state index in [-0.39, 0.29) is 6.10 Å². The van der Waals surface area contributed by atoms with Gasteiger partial charge in [-0.15, -0.1) is 0 Å². The Hall–Kier alpha value is -2.06. The largest absolute Gasteiger partial charge is 0.373 e. The van der Waals surface area contributed by atoms with Gasteiger partial charge in [0.2, 0.25) is 0 Å². The maximum absolute atomic E-state index is 6.16. The van der Waals surface area contributed by atoms with Crippen LogP contribution in [0.2, 0.25) is 0 Å². The minimum atomic E-state index is 0.0639. The van der Waals surface area contributed by atoms with Gasteiger partial charge in [0.15, 0.2) is 5.11 Å². The van der Waals surface area contributed by atoms with Crippen LogP contribution in [0.25, 0.3) is 0 Å². The molecular weight excluding hydrogens is 456 g/mol. The molecule has 1 aromatic heterocycles. The lowest BCUT2D eigenvalue weighted by Gasteiger charge is -2.30. The first-order chi connectivity index (χ1) is 17.1. The minimum Gasteiger partial charge on any atom is -0.373 e. The van der Waals surface area contributed by atoms with Crippen LogP contribution in [0.4, 0.5) is 0 Å². The molecule has 0 aromatic carbocycles. The third kappa shape index (κ3) is 7.97. The van der Waals surface area contributed by atoms with Crippen molar-refractivity contribution >= 4 is 29.5 Å². The first-order valence-corrected chi connectivity index (χ1v) is 14.0. The Bertz CT molecular complexity index is 899. The lowest BCUT2D eigenvalue weighted by atomic mass is 9.92. The van der Waals surface area contributed by atoms with E-state index in [0.29, 0.717) is 23.0 Å². The summed E-state index contributed by atoms with van der Waals surface area (Å²) in [6.07, 6.45) is 20.5. The van der Waals surface area contributed by atoms with Crippen molar-refractivity contribution < 1.29 is 4.74 Å². The van der Waals surface area contributed by atoms with Crippen LogP contribution in [0.5, 0.6) is 0 Å². The van der Waals surface area contributed by atoms with Gasteiger partial charge in [0.25, 0.3) is 0 Å². The second-order valence-electron chi connectivity index (χ2n) is 10.2. The number of thiocarbonyl (C=S) groups is 1. The van der Waals surface area contributed by atoms with Gasteiger partial charge in [-0.2, -0.15) is 5.10 Å². The number of rotatable bonds is 10. The molecule has 192 valence electrons. The lowest BCUT2D eigenvalue weighted by molar-refractivity contribution is 0.00238. The number of ether oxygens (including phenoxy) is 1. The second kappa shape index (κ2) is 13.3. The van der Waals surface area contributed by atoms with Crippen molar-refractivity contribution in [2.24, 2.45) is 21.8 Å². The zero-order valence-corrected chi connectivity index (χ0v) is 22.3. The van der Waals surface area contributed by atoms with Gasteiger partial charge in [0.1, 0.15) is 5.84 Å². The van der Waals surface area contributed by atoms with Gasteiger partial charge in [-0.1, -0.05) is 26.0 Å². The van der Waals surface area contributed by atoms with Gasteiger partial charge in [-0.05, 0) is 75.9 Å². The Morgan fingerprint density at radius 2 is 2.11 bits per heavy atom. The van der Waals surface area contributed by atoms with Crippen LogP contribution >= 0.6 is 12.2 Å². The summed E-state index contributed by atoms with van der Waals surface area (Å²) in [4.78, 5) is 11.7. The van der Waals surface area contributed by atoms with Gasteiger partial charge >= 0.3 is 0 Å². The zero-order valence-electron chi connectivity index (χ0n) is 21.4. The van der Waals surface area contributed by atoms with Gasteiger partial charge in [-0.25, -0.2) is 4.99 Å². The summed E-state index contributed by atoms with van der Waals surface area (Å²) in [5.41, 5.74) is 1.18. The fourth-order valence-corrected chi connectivity index (χ4v) is 5.03. The van der Waals surface area contributed by atoms with Crippen molar-refractivity contribution in [1.29, 1.82) is 0 Å². The highest BCUT2D eigenvalue weighted by Crippen LogP contribution is 2.37. The summed E-state index contributed by atoms with van der Waals surface area (Å²) in [5.74, 6) is 1.94. The van der Waals surface area contributed by atoms with Crippen molar-refractivity contribution in [3.05, 3.63) is 30.1 Å². The number of amidine groups is 1. The molecule has 3 aliphatic rings. The molecule has 8 heteroatoms. The quantitative estimate of drug-likeness (QED) is 0.201. The van der Waals surface area contributed by atoms with E-state index in [1.165, 1.54) is 31.2 Å².